The molecule has 0 aromatic carbocycles. The zero-order valence-electron chi connectivity index (χ0n) is 33.6. The molecule has 3 aliphatic rings. The Morgan fingerprint density at radius 3 is 1.98 bits per heavy atom. The molecule has 302 valence electrons. The van der Waals surface area contributed by atoms with Crippen molar-refractivity contribution in [2.45, 2.75) is 186 Å². The van der Waals surface area contributed by atoms with Crippen molar-refractivity contribution in [2.75, 3.05) is 21.2 Å². The molecule has 7 N–H and O–H groups in total. The fourth-order valence-electron chi connectivity index (χ4n) is 8.01. The summed E-state index contributed by atoms with van der Waals surface area (Å²) in [6.07, 6.45) is -10.2. The van der Waals surface area contributed by atoms with Gasteiger partial charge in [-0.3, -0.25) is 4.79 Å². The fraction of sp³-hybridized carbons (Fsp3) is 0.973. The molecular weight excluding hydrogens is 664 g/mol. The van der Waals surface area contributed by atoms with E-state index in [1.54, 1.807) is 41.5 Å². The highest BCUT2D eigenvalue weighted by Gasteiger charge is 2.52. The zero-order valence-corrected chi connectivity index (χ0v) is 33.6. The molecule has 19 atom stereocenters. The average molecular weight is 737 g/mol. The lowest BCUT2D eigenvalue weighted by atomic mass is 9.74. The molecule has 0 saturated carbocycles. The van der Waals surface area contributed by atoms with Crippen LogP contribution in [0.25, 0.3) is 0 Å². The summed E-state index contributed by atoms with van der Waals surface area (Å²) in [7, 11) is 5.23. The number of aliphatic hydroxyl groups excluding tert-OH is 4. The second kappa shape index (κ2) is 19.0. The maximum absolute atomic E-state index is 13.8. The fourth-order valence-corrected chi connectivity index (χ4v) is 8.01. The van der Waals surface area contributed by atoms with Crippen LogP contribution >= 0.6 is 0 Å². The van der Waals surface area contributed by atoms with Gasteiger partial charge in [0.2, 0.25) is 0 Å². The molecule has 51 heavy (non-hydrogen) atoms. The topological polar surface area (TPSA) is 203 Å². The predicted octanol–water partition coefficient (Wildman–Crippen LogP) is 1.79. The average Bonchev–Trinajstić information content (AvgIpc) is 3.07. The van der Waals surface area contributed by atoms with E-state index in [9.17, 15) is 30.3 Å². The quantitative estimate of drug-likeness (QED) is 0.216. The number of likely N-dealkylation sites (N-methyl/N-ethyl adjacent to an activating group) is 1. The Kier molecular flexibility index (Phi) is 17.2. The van der Waals surface area contributed by atoms with E-state index in [1.807, 2.05) is 46.7 Å². The standard InChI is InChI=1S/C35H66N2O12.C2H6/c1-16-14-34(8,43)31(49-33-28(40)23(37(10)11)13-17(2)45-33)19(4)29(48-24-15-35(9,44-12)30(41)22(7)46-24)20(5)32(42)47-21(6)27(39)26(38)18(3)25(16)36;1-2/h16-31,33,38-41,43H,13-15,36H2,1-12H3;1-2H3/t16-,17?,18+,19+,20-,21-,22?,23?,24?,25-,26-,27-,28?,29+,30?,31-,33?,34-,35?;/m1./s1. The summed E-state index contributed by atoms with van der Waals surface area (Å²) in [6, 6.07) is -0.958. The number of esters is 1. The molecule has 14 heteroatoms. The minimum atomic E-state index is -1.64. The van der Waals surface area contributed by atoms with Crippen LogP contribution in [0.4, 0.5) is 0 Å². The van der Waals surface area contributed by atoms with Gasteiger partial charge in [-0.05, 0) is 74.4 Å². The molecule has 3 saturated heterocycles. The van der Waals surface area contributed by atoms with Crippen LogP contribution in [-0.2, 0) is 33.2 Å². The summed E-state index contributed by atoms with van der Waals surface area (Å²) in [4.78, 5) is 15.7. The monoisotopic (exact) mass is 737 g/mol. The van der Waals surface area contributed by atoms with E-state index >= 15 is 0 Å². The number of methoxy groups -OCH3 is 1. The largest absolute Gasteiger partial charge is 0.460 e. The molecule has 0 aromatic rings. The van der Waals surface area contributed by atoms with E-state index < -0.39 is 102 Å². The van der Waals surface area contributed by atoms with Gasteiger partial charge in [-0.1, -0.05) is 34.6 Å². The number of carbonyl (C=O) groups is 1. The van der Waals surface area contributed by atoms with E-state index in [0.29, 0.717) is 6.42 Å². The van der Waals surface area contributed by atoms with Crippen LogP contribution in [0.5, 0.6) is 0 Å². The van der Waals surface area contributed by atoms with Crippen molar-refractivity contribution in [1.82, 2.24) is 4.90 Å². The molecule has 0 spiro atoms. The van der Waals surface area contributed by atoms with Crippen LogP contribution in [0.3, 0.4) is 0 Å². The smallest absolute Gasteiger partial charge is 0.311 e. The van der Waals surface area contributed by atoms with Crippen LogP contribution in [0.1, 0.15) is 95.4 Å². The van der Waals surface area contributed by atoms with Crippen LogP contribution in [0, 0.1) is 23.7 Å². The number of nitrogens with zero attached hydrogens (tertiary/aromatic N) is 1. The third-order valence-electron chi connectivity index (χ3n) is 11.5. The summed E-state index contributed by atoms with van der Waals surface area (Å²) in [5, 5.41) is 56.8. The van der Waals surface area contributed by atoms with Crippen LogP contribution < -0.4 is 5.73 Å². The Balaban J connectivity index is 0.00000442. The zero-order chi connectivity index (χ0) is 39.3. The third-order valence-corrected chi connectivity index (χ3v) is 11.5. The lowest BCUT2D eigenvalue weighted by Gasteiger charge is -2.49. The van der Waals surface area contributed by atoms with Gasteiger partial charge in [0, 0.05) is 37.5 Å². The maximum atomic E-state index is 13.8. The molecule has 3 aliphatic heterocycles. The number of hydrogen-bond donors (Lipinski definition) is 6. The minimum Gasteiger partial charge on any atom is -0.460 e. The van der Waals surface area contributed by atoms with Gasteiger partial charge in [-0.2, -0.15) is 0 Å². The van der Waals surface area contributed by atoms with Gasteiger partial charge in [0.1, 0.15) is 24.4 Å². The highest BCUT2D eigenvalue weighted by Crippen LogP contribution is 2.40. The Labute approximate surface area is 306 Å². The first-order valence-electron chi connectivity index (χ1n) is 18.8. The van der Waals surface area contributed by atoms with E-state index in [1.165, 1.54) is 14.0 Å². The SMILES string of the molecule is CC.COC1(C)CC(O[C@H]2[C@H](C)[C@@H](OC3OC(C)CC(N(C)C)C3O)[C@](C)(O)C[C@@H](C)[C@@H](N)[C@H](C)[C@@H](O)[C@H](O)[C@@H](C)OC(=O)[C@@H]2C)OC(C)C1O. The van der Waals surface area contributed by atoms with Crippen molar-refractivity contribution in [1.29, 1.82) is 0 Å². The Morgan fingerprint density at radius 2 is 1.43 bits per heavy atom. The molecule has 14 nitrogen and oxygen atoms in total. The molecule has 0 aliphatic carbocycles. The number of carbonyl (C=O) groups excluding carboxylic acids is 1. The van der Waals surface area contributed by atoms with Gasteiger partial charge in [-0.25, -0.2) is 0 Å². The van der Waals surface area contributed by atoms with Crippen LogP contribution in [0.2, 0.25) is 0 Å². The molecular formula is C37H72N2O12. The maximum Gasteiger partial charge on any atom is 0.311 e. The van der Waals surface area contributed by atoms with E-state index in [0.717, 1.165) is 0 Å². The van der Waals surface area contributed by atoms with Crippen molar-refractivity contribution in [3.8, 4) is 0 Å². The Bertz CT molecular complexity index is 1070. The van der Waals surface area contributed by atoms with E-state index in [2.05, 4.69) is 0 Å². The van der Waals surface area contributed by atoms with E-state index in [4.69, 9.17) is 34.2 Å². The molecule has 8 unspecified atom stereocenters. The predicted molar refractivity (Wildman–Crippen MR) is 191 cm³/mol. The van der Waals surface area contributed by atoms with Gasteiger partial charge < -0.3 is 64.6 Å². The first-order chi connectivity index (χ1) is 23.6. The lowest BCUT2D eigenvalue weighted by molar-refractivity contribution is -0.318. The summed E-state index contributed by atoms with van der Waals surface area (Å²) in [6.45, 7) is 19.4. The summed E-state index contributed by atoms with van der Waals surface area (Å²) >= 11 is 0. The molecule has 3 fully saturated rings. The highest BCUT2D eigenvalue weighted by atomic mass is 16.7. The molecule has 3 heterocycles. The van der Waals surface area contributed by atoms with Crippen LogP contribution in [0.15, 0.2) is 0 Å². The van der Waals surface area contributed by atoms with Gasteiger partial charge >= 0.3 is 5.97 Å². The summed E-state index contributed by atoms with van der Waals surface area (Å²) < 4.78 is 36.9. The first kappa shape index (κ1) is 46.1. The lowest BCUT2D eigenvalue weighted by Crippen LogP contribution is -2.61. The number of rotatable bonds is 6. The number of hydrogen-bond acceptors (Lipinski definition) is 14. The second-order valence-corrected chi connectivity index (χ2v) is 15.9. The molecule has 0 amide bonds. The molecule has 0 bridgehead atoms. The third kappa shape index (κ3) is 10.8. The van der Waals surface area contributed by atoms with Gasteiger partial charge in [-0.15, -0.1) is 0 Å². The Morgan fingerprint density at radius 1 is 0.843 bits per heavy atom. The number of cyclic esters (lactones) is 1. The number of ether oxygens (including phenoxy) is 6. The normalized spacial score (nSPS) is 49.4. The van der Waals surface area contributed by atoms with Crippen LogP contribution in [-0.4, -0.2) is 148 Å². The highest BCUT2D eigenvalue weighted by molar-refractivity contribution is 5.73. The number of aliphatic hydroxyl groups is 5. The van der Waals surface area contributed by atoms with Gasteiger partial charge in [0.05, 0.1) is 47.6 Å². The number of nitrogens with two attached hydrogens (primary N) is 1. The van der Waals surface area contributed by atoms with Crippen molar-refractivity contribution in [3.05, 3.63) is 0 Å². The molecule has 3 rings (SSSR count). The van der Waals surface area contributed by atoms with Crippen molar-refractivity contribution >= 4 is 5.97 Å². The van der Waals surface area contributed by atoms with Gasteiger partial charge in [0.15, 0.2) is 12.6 Å². The Hall–Kier alpha value is -1.01. The summed E-state index contributed by atoms with van der Waals surface area (Å²) in [5.74, 6) is -3.51. The van der Waals surface area contributed by atoms with Gasteiger partial charge in [0.25, 0.3) is 0 Å². The molecule has 0 aromatic heterocycles. The minimum absolute atomic E-state index is 0.0950. The van der Waals surface area contributed by atoms with Crippen molar-refractivity contribution < 1.29 is 58.7 Å². The van der Waals surface area contributed by atoms with Crippen molar-refractivity contribution in [2.24, 2.45) is 29.4 Å². The van der Waals surface area contributed by atoms with Crippen molar-refractivity contribution in [3.63, 3.8) is 0 Å². The first-order valence-corrected chi connectivity index (χ1v) is 18.8. The summed E-state index contributed by atoms with van der Waals surface area (Å²) in [5.41, 5.74) is 3.97. The second-order valence-electron chi connectivity index (χ2n) is 15.9. The molecule has 0 radical (unpaired) electrons. The van der Waals surface area contributed by atoms with E-state index in [-0.39, 0.29) is 30.9 Å².